The molecule has 170 valence electrons. The van der Waals surface area contributed by atoms with E-state index >= 15 is 0 Å². The molecule has 2 aliphatic rings. The Morgan fingerprint density at radius 3 is 2.24 bits per heavy atom. The topological polar surface area (TPSA) is 43.8 Å². The van der Waals surface area contributed by atoms with Gasteiger partial charge >= 0.3 is 0 Å². The second kappa shape index (κ2) is 9.46. The third kappa shape index (κ3) is 4.31. The molecule has 3 aromatic rings. The first-order chi connectivity index (χ1) is 16.2. The van der Waals surface area contributed by atoms with Crippen LogP contribution in [-0.4, -0.2) is 59.1 Å². The molecule has 2 aliphatic heterocycles. The van der Waals surface area contributed by atoms with Gasteiger partial charge < -0.3 is 10.0 Å². The Morgan fingerprint density at radius 2 is 1.55 bits per heavy atom. The summed E-state index contributed by atoms with van der Waals surface area (Å²) < 4.78 is 13.3. The van der Waals surface area contributed by atoms with E-state index < -0.39 is 0 Å². The van der Waals surface area contributed by atoms with Crippen LogP contribution in [0.5, 0.6) is 0 Å². The molecule has 5 rings (SSSR count). The van der Waals surface area contributed by atoms with Crippen LogP contribution < -0.4 is 0 Å². The van der Waals surface area contributed by atoms with Crippen molar-refractivity contribution in [2.75, 3.05) is 26.2 Å². The Balaban J connectivity index is 1.38. The quantitative estimate of drug-likeness (QED) is 0.642. The van der Waals surface area contributed by atoms with Crippen molar-refractivity contribution in [1.29, 1.82) is 0 Å². The highest BCUT2D eigenvalue weighted by atomic mass is 19.1. The van der Waals surface area contributed by atoms with Gasteiger partial charge in [-0.1, -0.05) is 54.6 Å². The molecule has 0 unspecified atom stereocenters. The molecule has 0 aromatic heterocycles. The maximum absolute atomic E-state index is 13.3. The van der Waals surface area contributed by atoms with E-state index in [-0.39, 0.29) is 36.3 Å². The fourth-order valence-corrected chi connectivity index (χ4v) is 5.43. The number of halogens is 1. The molecule has 3 atom stereocenters. The van der Waals surface area contributed by atoms with E-state index in [2.05, 4.69) is 41.3 Å². The number of carbonyl (C=O) groups excluding carboxylic acids is 1. The van der Waals surface area contributed by atoms with E-state index in [9.17, 15) is 14.3 Å². The lowest BCUT2D eigenvalue weighted by Gasteiger charge is -2.57. The second-order valence-electron chi connectivity index (χ2n) is 9.03. The van der Waals surface area contributed by atoms with Gasteiger partial charge in [-0.05, 0) is 60.3 Å². The van der Waals surface area contributed by atoms with Gasteiger partial charge in [0, 0.05) is 36.7 Å². The van der Waals surface area contributed by atoms with E-state index in [0.717, 1.165) is 19.4 Å². The van der Waals surface area contributed by atoms with Gasteiger partial charge in [0.2, 0.25) is 0 Å². The fourth-order valence-electron chi connectivity index (χ4n) is 5.43. The smallest absolute Gasteiger partial charge is 0.253 e. The van der Waals surface area contributed by atoms with Gasteiger partial charge in [-0.3, -0.25) is 9.69 Å². The van der Waals surface area contributed by atoms with Crippen molar-refractivity contribution in [2.45, 2.75) is 30.8 Å². The molecule has 0 bridgehead atoms. The average Bonchev–Trinajstić information content (AvgIpc) is 2.84. The summed E-state index contributed by atoms with van der Waals surface area (Å²) in [6.07, 6.45) is 1.91. The maximum atomic E-state index is 13.3. The van der Waals surface area contributed by atoms with E-state index in [0.29, 0.717) is 18.7 Å². The summed E-state index contributed by atoms with van der Waals surface area (Å²) >= 11 is 0. The van der Waals surface area contributed by atoms with Gasteiger partial charge in [0.1, 0.15) is 5.82 Å². The summed E-state index contributed by atoms with van der Waals surface area (Å²) in [5.74, 6) is -0.224. The maximum Gasteiger partial charge on any atom is 0.253 e. The number of benzene rings is 3. The molecule has 0 aliphatic carbocycles. The zero-order chi connectivity index (χ0) is 22.8. The normalized spacial score (nSPS) is 23.2. The summed E-state index contributed by atoms with van der Waals surface area (Å²) in [6, 6.07) is 24.9. The summed E-state index contributed by atoms with van der Waals surface area (Å²) in [7, 11) is 0. The zero-order valence-corrected chi connectivity index (χ0v) is 18.6. The molecule has 33 heavy (non-hydrogen) atoms. The lowest BCUT2D eigenvalue weighted by atomic mass is 9.74. The first-order valence-corrected chi connectivity index (χ1v) is 11.7. The minimum atomic E-state index is -0.339. The molecule has 0 spiro atoms. The Morgan fingerprint density at radius 1 is 0.879 bits per heavy atom. The molecule has 3 aromatic carbocycles. The Bertz CT molecular complexity index is 1090. The molecular formula is C28H29FN2O2. The third-order valence-corrected chi connectivity index (χ3v) is 7.15. The minimum Gasteiger partial charge on any atom is -0.395 e. The van der Waals surface area contributed by atoms with Crippen LogP contribution in [0.25, 0.3) is 11.1 Å². The van der Waals surface area contributed by atoms with Gasteiger partial charge in [-0.2, -0.15) is 0 Å². The van der Waals surface area contributed by atoms with Crippen LogP contribution in [0.3, 0.4) is 0 Å². The highest BCUT2D eigenvalue weighted by Crippen LogP contribution is 2.42. The standard InChI is InChI=1S/C28H29FN2O2/c29-24-14-12-23(13-15-24)28(33)30-16-4-5-17-31-25(18-30)27(26(31)19-32)22-10-8-21(9-11-22)20-6-2-1-3-7-20/h1-3,6-15,25-27,32H,4-5,16-19H2/t25-,26+,27-/m1/s1. The number of hydrogen-bond donors (Lipinski definition) is 1. The first kappa shape index (κ1) is 21.8. The van der Waals surface area contributed by atoms with Crippen LogP contribution in [0, 0.1) is 5.82 Å². The van der Waals surface area contributed by atoms with E-state index in [1.165, 1.54) is 28.8 Å². The molecule has 2 heterocycles. The van der Waals surface area contributed by atoms with Crippen molar-refractivity contribution in [3.8, 4) is 11.1 Å². The van der Waals surface area contributed by atoms with E-state index in [1.807, 2.05) is 23.1 Å². The second-order valence-corrected chi connectivity index (χ2v) is 9.03. The van der Waals surface area contributed by atoms with Crippen LogP contribution in [0.4, 0.5) is 4.39 Å². The van der Waals surface area contributed by atoms with Crippen molar-refractivity contribution < 1.29 is 14.3 Å². The number of amides is 1. The lowest BCUT2D eigenvalue weighted by Crippen LogP contribution is -2.67. The van der Waals surface area contributed by atoms with Crippen LogP contribution >= 0.6 is 0 Å². The van der Waals surface area contributed by atoms with Gasteiger partial charge in [-0.25, -0.2) is 4.39 Å². The molecular weight excluding hydrogens is 415 g/mol. The summed E-state index contributed by atoms with van der Waals surface area (Å²) in [5, 5.41) is 10.2. The van der Waals surface area contributed by atoms with E-state index in [4.69, 9.17) is 0 Å². The minimum absolute atomic E-state index is 0.0533. The lowest BCUT2D eigenvalue weighted by molar-refractivity contribution is -0.0606. The van der Waals surface area contributed by atoms with Crippen LogP contribution in [0.2, 0.25) is 0 Å². The van der Waals surface area contributed by atoms with Crippen molar-refractivity contribution in [3.63, 3.8) is 0 Å². The molecule has 0 radical (unpaired) electrons. The predicted octanol–water partition coefficient (Wildman–Crippen LogP) is 4.56. The summed E-state index contributed by atoms with van der Waals surface area (Å²) in [6.45, 7) is 2.35. The van der Waals surface area contributed by atoms with E-state index in [1.54, 1.807) is 12.1 Å². The predicted molar refractivity (Wildman–Crippen MR) is 128 cm³/mol. The first-order valence-electron chi connectivity index (χ1n) is 11.7. The summed E-state index contributed by atoms with van der Waals surface area (Å²) in [5.41, 5.74) is 4.07. The largest absolute Gasteiger partial charge is 0.395 e. The number of rotatable bonds is 4. The molecule has 2 fully saturated rings. The highest BCUT2D eigenvalue weighted by molar-refractivity contribution is 5.94. The van der Waals surface area contributed by atoms with Crippen molar-refractivity contribution >= 4 is 5.91 Å². The fraction of sp³-hybridized carbons (Fsp3) is 0.321. The van der Waals surface area contributed by atoms with Crippen LogP contribution in [0.15, 0.2) is 78.9 Å². The number of aliphatic hydroxyl groups excluding tert-OH is 1. The molecule has 5 heteroatoms. The Labute approximate surface area is 194 Å². The molecule has 1 N–H and O–H groups in total. The third-order valence-electron chi connectivity index (χ3n) is 7.15. The number of fused-ring (bicyclic) bond motifs is 1. The molecule has 0 saturated carbocycles. The summed E-state index contributed by atoms with van der Waals surface area (Å²) in [4.78, 5) is 17.5. The molecule has 1 amide bonds. The molecule has 2 saturated heterocycles. The Hall–Kier alpha value is -3.02. The number of nitrogens with zero attached hydrogens (tertiary/aromatic N) is 2. The zero-order valence-electron chi connectivity index (χ0n) is 18.6. The van der Waals surface area contributed by atoms with Crippen molar-refractivity contribution in [1.82, 2.24) is 9.80 Å². The number of aliphatic hydroxyl groups is 1. The van der Waals surface area contributed by atoms with Gasteiger partial charge in [0.15, 0.2) is 0 Å². The van der Waals surface area contributed by atoms with Crippen molar-refractivity contribution in [2.24, 2.45) is 0 Å². The number of hydrogen-bond acceptors (Lipinski definition) is 3. The SMILES string of the molecule is O=C(c1ccc(F)cc1)N1CCCCN2[C@H](C1)[C@@H](c1ccc(-c3ccccc3)cc1)[C@@H]2CO. The van der Waals surface area contributed by atoms with Crippen LogP contribution in [-0.2, 0) is 0 Å². The molecule has 4 nitrogen and oxygen atoms in total. The van der Waals surface area contributed by atoms with Crippen LogP contribution in [0.1, 0.15) is 34.7 Å². The average molecular weight is 445 g/mol. The number of carbonyl (C=O) groups is 1. The highest BCUT2D eigenvalue weighted by Gasteiger charge is 2.49. The van der Waals surface area contributed by atoms with Gasteiger partial charge in [0.25, 0.3) is 5.91 Å². The van der Waals surface area contributed by atoms with Gasteiger partial charge in [-0.15, -0.1) is 0 Å². The Kier molecular flexibility index (Phi) is 6.25. The monoisotopic (exact) mass is 444 g/mol. The van der Waals surface area contributed by atoms with Crippen molar-refractivity contribution in [3.05, 3.63) is 95.8 Å². The van der Waals surface area contributed by atoms with Gasteiger partial charge in [0.05, 0.1) is 6.61 Å².